The summed E-state index contributed by atoms with van der Waals surface area (Å²) in [7, 11) is 0. The zero-order valence-corrected chi connectivity index (χ0v) is 16.1. The molecule has 24 heavy (non-hydrogen) atoms. The van der Waals surface area contributed by atoms with Gasteiger partial charge < -0.3 is 10.2 Å². The Kier molecular flexibility index (Phi) is 19.9. The van der Waals surface area contributed by atoms with Gasteiger partial charge in [-0.3, -0.25) is 4.79 Å². The minimum absolute atomic E-state index is 0.187. The zero-order valence-electron chi connectivity index (χ0n) is 16.1. The largest absolute Gasteiger partial charge is 0.356 e. The first-order valence-electron chi connectivity index (χ1n) is 10.4. The van der Waals surface area contributed by atoms with E-state index in [4.69, 9.17) is 5.90 Å². The van der Waals surface area contributed by atoms with E-state index in [1.807, 2.05) is 0 Å². The molecule has 0 aromatic carbocycles. The molecule has 0 saturated carbocycles. The number of hydrogen-bond donors (Lipinski definition) is 2. The Bertz CT molecular complexity index is 260. The summed E-state index contributed by atoms with van der Waals surface area (Å²) in [6.45, 7) is 3.57. The summed E-state index contributed by atoms with van der Waals surface area (Å²) in [5.41, 5.74) is 0. The highest BCUT2D eigenvalue weighted by Gasteiger charge is 2.00. The topological polar surface area (TPSA) is 64.3 Å². The highest BCUT2D eigenvalue weighted by molar-refractivity contribution is 5.75. The monoisotopic (exact) mass is 342 g/mol. The second kappa shape index (κ2) is 20.4. The molecule has 4 nitrogen and oxygen atoms in total. The molecule has 0 bridgehead atoms. The summed E-state index contributed by atoms with van der Waals surface area (Å²) in [6, 6.07) is 0. The Labute approximate surface area is 150 Å². The molecule has 0 aromatic rings. The van der Waals surface area contributed by atoms with E-state index in [1.54, 1.807) is 0 Å². The first-order valence-corrected chi connectivity index (χ1v) is 10.4. The van der Waals surface area contributed by atoms with Crippen LogP contribution in [-0.2, 0) is 9.63 Å². The van der Waals surface area contributed by atoms with Crippen LogP contribution < -0.4 is 11.2 Å². The van der Waals surface area contributed by atoms with E-state index in [2.05, 4.69) is 17.1 Å². The molecular weight excluding hydrogens is 300 g/mol. The number of rotatable bonds is 19. The lowest BCUT2D eigenvalue weighted by molar-refractivity contribution is -0.121. The Hall–Kier alpha value is -0.610. The molecule has 0 atom stereocenters. The van der Waals surface area contributed by atoms with Crippen molar-refractivity contribution in [2.75, 3.05) is 13.2 Å². The van der Waals surface area contributed by atoms with Crippen molar-refractivity contribution in [3.05, 3.63) is 0 Å². The van der Waals surface area contributed by atoms with Crippen LogP contribution in [0.15, 0.2) is 0 Å². The van der Waals surface area contributed by atoms with Gasteiger partial charge in [-0.25, -0.2) is 5.90 Å². The van der Waals surface area contributed by atoms with E-state index in [-0.39, 0.29) is 5.91 Å². The van der Waals surface area contributed by atoms with Gasteiger partial charge in [0.25, 0.3) is 0 Å². The first kappa shape index (κ1) is 23.4. The molecule has 0 radical (unpaired) electrons. The molecule has 4 heteroatoms. The maximum absolute atomic E-state index is 11.6. The van der Waals surface area contributed by atoms with E-state index in [9.17, 15) is 4.79 Å². The van der Waals surface area contributed by atoms with Gasteiger partial charge in [0, 0.05) is 13.0 Å². The Morgan fingerprint density at radius 2 is 1.25 bits per heavy atom. The van der Waals surface area contributed by atoms with Gasteiger partial charge in [-0.2, -0.15) is 0 Å². The third-order valence-electron chi connectivity index (χ3n) is 4.52. The molecule has 0 unspecified atom stereocenters. The van der Waals surface area contributed by atoms with Crippen molar-refractivity contribution in [1.82, 2.24) is 5.32 Å². The number of amides is 1. The van der Waals surface area contributed by atoms with Crippen LogP contribution in [0.3, 0.4) is 0 Å². The smallest absolute Gasteiger partial charge is 0.219 e. The maximum Gasteiger partial charge on any atom is 0.219 e. The van der Waals surface area contributed by atoms with Crippen LogP contribution in [0, 0.1) is 0 Å². The van der Waals surface area contributed by atoms with Crippen LogP contribution >= 0.6 is 0 Å². The van der Waals surface area contributed by atoms with Crippen molar-refractivity contribution in [3.63, 3.8) is 0 Å². The molecular formula is C20H42N2O2. The summed E-state index contributed by atoms with van der Waals surface area (Å²) in [6.07, 6.45) is 19.9. The van der Waals surface area contributed by atoms with E-state index in [0.29, 0.717) is 13.0 Å². The van der Waals surface area contributed by atoms with Crippen molar-refractivity contribution in [2.45, 2.75) is 110 Å². The number of unbranched alkanes of at least 4 members (excludes halogenated alkanes) is 13. The van der Waals surface area contributed by atoms with Crippen LogP contribution in [0.25, 0.3) is 0 Å². The standard InChI is InChI=1S/C20H42N2O2/c1-2-3-4-5-6-7-8-9-10-11-12-13-14-17-20(23)22-18-15-16-19-24-21/h2-19,21H2,1H3,(H,22,23). The van der Waals surface area contributed by atoms with Crippen molar-refractivity contribution in [3.8, 4) is 0 Å². The van der Waals surface area contributed by atoms with Crippen molar-refractivity contribution >= 4 is 5.91 Å². The van der Waals surface area contributed by atoms with Crippen LogP contribution in [-0.4, -0.2) is 19.1 Å². The fourth-order valence-electron chi connectivity index (χ4n) is 2.93. The van der Waals surface area contributed by atoms with Crippen molar-refractivity contribution in [1.29, 1.82) is 0 Å². The highest BCUT2D eigenvalue weighted by atomic mass is 16.6. The van der Waals surface area contributed by atoms with Gasteiger partial charge in [0.05, 0.1) is 6.61 Å². The van der Waals surface area contributed by atoms with Crippen LogP contribution in [0.4, 0.5) is 0 Å². The molecule has 0 spiro atoms. The molecule has 0 aromatic heterocycles. The highest BCUT2D eigenvalue weighted by Crippen LogP contribution is 2.12. The third-order valence-corrected chi connectivity index (χ3v) is 4.52. The van der Waals surface area contributed by atoms with Gasteiger partial charge >= 0.3 is 0 Å². The van der Waals surface area contributed by atoms with Crippen molar-refractivity contribution in [2.24, 2.45) is 5.90 Å². The lowest BCUT2D eigenvalue weighted by Gasteiger charge is -2.05. The molecule has 0 aliphatic carbocycles. The summed E-state index contributed by atoms with van der Waals surface area (Å²) < 4.78 is 0. The molecule has 0 aliphatic heterocycles. The fourth-order valence-corrected chi connectivity index (χ4v) is 2.93. The van der Waals surface area contributed by atoms with Gasteiger partial charge in [0.15, 0.2) is 0 Å². The number of nitrogens with two attached hydrogens (primary N) is 1. The third kappa shape index (κ3) is 19.4. The predicted octanol–water partition coefficient (Wildman–Crippen LogP) is 5.25. The van der Waals surface area contributed by atoms with E-state index >= 15 is 0 Å². The van der Waals surface area contributed by atoms with Crippen molar-refractivity contribution < 1.29 is 9.63 Å². The van der Waals surface area contributed by atoms with Gasteiger partial charge in [-0.1, -0.05) is 84.0 Å². The number of carbonyl (C=O) groups excluding carboxylic acids is 1. The SMILES string of the molecule is CCCCCCCCCCCCCCCC(=O)NCCCCON. The second-order valence-corrected chi connectivity index (χ2v) is 6.92. The zero-order chi connectivity index (χ0) is 17.7. The van der Waals surface area contributed by atoms with Crippen LogP contribution in [0.1, 0.15) is 110 Å². The normalized spacial score (nSPS) is 10.9. The lowest BCUT2D eigenvalue weighted by atomic mass is 10.0. The molecule has 0 heterocycles. The second-order valence-electron chi connectivity index (χ2n) is 6.92. The summed E-state index contributed by atoms with van der Waals surface area (Å²) in [4.78, 5) is 16.1. The van der Waals surface area contributed by atoms with Crippen LogP contribution in [0.2, 0.25) is 0 Å². The van der Waals surface area contributed by atoms with Gasteiger partial charge in [-0.05, 0) is 19.3 Å². The quantitative estimate of drug-likeness (QED) is 0.249. The van der Waals surface area contributed by atoms with Gasteiger partial charge in [-0.15, -0.1) is 0 Å². The Balaban J connectivity index is 3.10. The summed E-state index contributed by atoms with van der Waals surface area (Å²) in [5, 5.41) is 2.95. The predicted molar refractivity (Wildman–Crippen MR) is 103 cm³/mol. The maximum atomic E-state index is 11.6. The number of hydrogen-bond acceptors (Lipinski definition) is 3. The fraction of sp³-hybridized carbons (Fsp3) is 0.950. The van der Waals surface area contributed by atoms with Gasteiger partial charge in [0.1, 0.15) is 0 Å². The van der Waals surface area contributed by atoms with Gasteiger partial charge in [0.2, 0.25) is 5.91 Å². The average Bonchev–Trinajstić information content (AvgIpc) is 2.59. The minimum Gasteiger partial charge on any atom is -0.356 e. The first-order chi connectivity index (χ1) is 11.8. The lowest BCUT2D eigenvalue weighted by Crippen LogP contribution is -2.24. The summed E-state index contributed by atoms with van der Waals surface area (Å²) in [5.74, 6) is 5.13. The minimum atomic E-state index is 0.187. The molecule has 3 N–H and O–H groups in total. The van der Waals surface area contributed by atoms with E-state index in [1.165, 1.54) is 77.0 Å². The van der Waals surface area contributed by atoms with Crippen LogP contribution in [0.5, 0.6) is 0 Å². The number of carbonyl (C=O) groups is 1. The molecule has 0 saturated heterocycles. The molecule has 0 fully saturated rings. The molecule has 0 aliphatic rings. The molecule has 1 amide bonds. The Morgan fingerprint density at radius 3 is 1.75 bits per heavy atom. The van der Waals surface area contributed by atoms with E-state index < -0.39 is 0 Å². The molecule has 0 rings (SSSR count). The van der Waals surface area contributed by atoms with E-state index in [0.717, 1.165) is 25.8 Å². The average molecular weight is 343 g/mol. The Morgan fingerprint density at radius 1 is 0.750 bits per heavy atom. The summed E-state index contributed by atoms with van der Waals surface area (Å²) >= 11 is 0. The molecule has 144 valence electrons. The number of nitrogens with one attached hydrogen (secondary N) is 1.